The molecule has 5 nitrogen and oxygen atoms in total. The summed E-state index contributed by atoms with van der Waals surface area (Å²) in [5.74, 6) is -0.0285. The minimum Gasteiger partial charge on any atom is -0.340 e. The van der Waals surface area contributed by atoms with Gasteiger partial charge in [0, 0.05) is 25.8 Å². The molecule has 1 heterocycles. The third kappa shape index (κ3) is 1.93. The Bertz CT molecular complexity index is 312. The summed E-state index contributed by atoms with van der Waals surface area (Å²) in [6.45, 7) is 4.68. The number of H-pyrrole nitrogens is 1. The Balaban J connectivity index is 2.88. The molecule has 5 heteroatoms. The highest BCUT2D eigenvalue weighted by Crippen LogP contribution is 2.11. The van der Waals surface area contributed by atoms with Crippen molar-refractivity contribution in [3.8, 4) is 0 Å². The maximum Gasteiger partial charge on any atom is 0.257 e. The third-order valence-electron chi connectivity index (χ3n) is 2.15. The van der Waals surface area contributed by atoms with Gasteiger partial charge >= 0.3 is 0 Å². The van der Waals surface area contributed by atoms with Gasteiger partial charge in [0.2, 0.25) is 0 Å². The van der Waals surface area contributed by atoms with Crippen molar-refractivity contribution in [3.63, 3.8) is 0 Å². The number of likely N-dealkylation sites (N-methyl/N-ethyl adjacent to an activating group) is 1. The van der Waals surface area contributed by atoms with Crippen LogP contribution in [-0.4, -0.2) is 41.1 Å². The Morgan fingerprint density at radius 2 is 2.21 bits per heavy atom. The summed E-state index contributed by atoms with van der Waals surface area (Å²) < 4.78 is 0. The summed E-state index contributed by atoms with van der Waals surface area (Å²) >= 11 is 0. The average molecular weight is 196 g/mol. The normalized spacial score (nSPS) is 10.3. The second kappa shape index (κ2) is 4.23. The molecule has 0 atom stereocenters. The molecule has 0 aliphatic carbocycles. The maximum atomic E-state index is 11.8. The van der Waals surface area contributed by atoms with Crippen LogP contribution in [0.15, 0.2) is 0 Å². The standard InChI is InChI=1S/C9H16N4O/c1-6-8(7(2)12-11-6)9(14)13(3)5-4-10/h4-5,10H2,1-3H3,(H,11,12). The Kier molecular flexibility index (Phi) is 3.24. The van der Waals surface area contributed by atoms with Gasteiger partial charge in [0.05, 0.1) is 11.3 Å². The van der Waals surface area contributed by atoms with Crippen molar-refractivity contribution >= 4 is 5.91 Å². The van der Waals surface area contributed by atoms with Gasteiger partial charge in [0.15, 0.2) is 0 Å². The van der Waals surface area contributed by atoms with Crippen LogP contribution in [0.3, 0.4) is 0 Å². The molecule has 78 valence electrons. The average Bonchev–Trinajstić information content (AvgIpc) is 2.46. The molecule has 0 aliphatic heterocycles. The van der Waals surface area contributed by atoms with Gasteiger partial charge in [-0.3, -0.25) is 9.89 Å². The largest absolute Gasteiger partial charge is 0.340 e. The molecule has 1 amide bonds. The van der Waals surface area contributed by atoms with E-state index in [0.717, 1.165) is 11.4 Å². The lowest BCUT2D eigenvalue weighted by Crippen LogP contribution is -2.32. The van der Waals surface area contributed by atoms with E-state index in [-0.39, 0.29) is 5.91 Å². The number of hydrogen-bond donors (Lipinski definition) is 2. The summed E-state index contributed by atoms with van der Waals surface area (Å²) in [5.41, 5.74) is 7.57. The number of aromatic nitrogens is 2. The number of nitrogens with one attached hydrogen (secondary N) is 1. The fraction of sp³-hybridized carbons (Fsp3) is 0.556. The van der Waals surface area contributed by atoms with E-state index in [0.29, 0.717) is 18.7 Å². The van der Waals surface area contributed by atoms with Gasteiger partial charge in [0.1, 0.15) is 0 Å². The van der Waals surface area contributed by atoms with Crippen LogP contribution < -0.4 is 5.73 Å². The minimum absolute atomic E-state index is 0.0285. The lowest BCUT2D eigenvalue weighted by molar-refractivity contribution is 0.0797. The molecule has 3 N–H and O–H groups in total. The van der Waals surface area contributed by atoms with E-state index >= 15 is 0 Å². The summed E-state index contributed by atoms with van der Waals surface area (Å²) in [6, 6.07) is 0. The predicted molar refractivity (Wildman–Crippen MR) is 54.1 cm³/mol. The van der Waals surface area contributed by atoms with Gasteiger partial charge in [-0.2, -0.15) is 5.10 Å². The van der Waals surface area contributed by atoms with Gasteiger partial charge in [-0.05, 0) is 13.8 Å². The summed E-state index contributed by atoms with van der Waals surface area (Å²) in [6.07, 6.45) is 0. The first-order valence-electron chi connectivity index (χ1n) is 4.55. The number of amides is 1. The third-order valence-corrected chi connectivity index (χ3v) is 2.15. The molecule has 14 heavy (non-hydrogen) atoms. The molecule has 0 radical (unpaired) electrons. The summed E-state index contributed by atoms with van der Waals surface area (Å²) in [4.78, 5) is 13.4. The number of rotatable bonds is 3. The topological polar surface area (TPSA) is 75.0 Å². The molecular formula is C9H16N4O. The second-order valence-electron chi connectivity index (χ2n) is 3.32. The van der Waals surface area contributed by atoms with Crippen molar-refractivity contribution in [3.05, 3.63) is 17.0 Å². The van der Waals surface area contributed by atoms with E-state index in [9.17, 15) is 4.79 Å². The van der Waals surface area contributed by atoms with Crippen molar-refractivity contribution < 1.29 is 4.79 Å². The number of aromatic amines is 1. The number of hydrogen-bond acceptors (Lipinski definition) is 3. The van der Waals surface area contributed by atoms with Crippen LogP contribution in [0.5, 0.6) is 0 Å². The first-order valence-corrected chi connectivity index (χ1v) is 4.55. The van der Waals surface area contributed by atoms with Crippen LogP contribution >= 0.6 is 0 Å². The number of carbonyl (C=O) groups excluding carboxylic acids is 1. The molecule has 1 aromatic heterocycles. The number of aryl methyl sites for hydroxylation is 2. The molecule has 0 spiro atoms. The second-order valence-corrected chi connectivity index (χ2v) is 3.32. The van der Waals surface area contributed by atoms with Crippen LogP contribution in [0.2, 0.25) is 0 Å². The van der Waals surface area contributed by atoms with Crippen molar-refractivity contribution in [1.82, 2.24) is 15.1 Å². The first kappa shape index (κ1) is 10.7. The molecule has 0 saturated heterocycles. The van der Waals surface area contributed by atoms with Gasteiger partial charge in [-0.1, -0.05) is 0 Å². The Morgan fingerprint density at radius 1 is 1.57 bits per heavy atom. The van der Waals surface area contributed by atoms with Crippen molar-refractivity contribution in [1.29, 1.82) is 0 Å². The van der Waals surface area contributed by atoms with Crippen LogP contribution in [-0.2, 0) is 0 Å². The van der Waals surface area contributed by atoms with E-state index in [1.54, 1.807) is 11.9 Å². The number of carbonyl (C=O) groups is 1. The van der Waals surface area contributed by atoms with Gasteiger partial charge in [-0.15, -0.1) is 0 Å². The fourth-order valence-corrected chi connectivity index (χ4v) is 1.35. The van der Waals surface area contributed by atoms with Crippen LogP contribution in [0.4, 0.5) is 0 Å². The van der Waals surface area contributed by atoms with E-state index in [4.69, 9.17) is 5.73 Å². The smallest absolute Gasteiger partial charge is 0.257 e. The Hall–Kier alpha value is -1.36. The van der Waals surface area contributed by atoms with Gasteiger partial charge in [-0.25, -0.2) is 0 Å². The van der Waals surface area contributed by atoms with Crippen LogP contribution in [0, 0.1) is 13.8 Å². The molecule has 0 fully saturated rings. The SMILES string of the molecule is Cc1n[nH]c(C)c1C(=O)N(C)CCN. The number of nitrogens with zero attached hydrogens (tertiary/aromatic N) is 2. The Morgan fingerprint density at radius 3 is 2.64 bits per heavy atom. The highest BCUT2D eigenvalue weighted by Gasteiger charge is 2.18. The maximum absolute atomic E-state index is 11.8. The fourth-order valence-electron chi connectivity index (χ4n) is 1.35. The Labute approximate surface area is 83.3 Å². The van der Waals surface area contributed by atoms with Gasteiger partial charge in [0.25, 0.3) is 5.91 Å². The zero-order chi connectivity index (χ0) is 10.7. The van der Waals surface area contributed by atoms with Crippen LogP contribution in [0.1, 0.15) is 21.7 Å². The minimum atomic E-state index is -0.0285. The molecule has 1 rings (SSSR count). The molecule has 0 bridgehead atoms. The first-order chi connectivity index (χ1) is 6.57. The highest BCUT2D eigenvalue weighted by molar-refractivity contribution is 5.96. The summed E-state index contributed by atoms with van der Waals surface area (Å²) in [5, 5.41) is 6.76. The van der Waals surface area contributed by atoms with Crippen molar-refractivity contribution in [2.75, 3.05) is 20.1 Å². The molecule has 0 saturated carbocycles. The quantitative estimate of drug-likeness (QED) is 0.717. The zero-order valence-corrected chi connectivity index (χ0v) is 8.79. The molecule has 0 aromatic carbocycles. The van der Waals surface area contributed by atoms with Crippen LogP contribution in [0.25, 0.3) is 0 Å². The van der Waals surface area contributed by atoms with Crippen molar-refractivity contribution in [2.45, 2.75) is 13.8 Å². The van der Waals surface area contributed by atoms with Gasteiger partial charge < -0.3 is 10.6 Å². The van der Waals surface area contributed by atoms with E-state index in [2.05, 4.69) is 10.2 Å². The van der Waals surface area contributed by atoms with E-state index in [1.165, 1.54) is 0 Å². The zero-order valence-electron chi connectivity index (χ0n) is 8.79. The molecule has 1 aromatic rings. The summed E-state index contributed by atoms with van der Waals surface area (Å²) in [7, 11) is 1.74. The van der Waals surface area contributed by atoms with Crippen molar-refractivity contribution in [2.24, 2.45) is 5.73 Å². The number of nitrogens with two attached hydrogens (primary N) is 1. The monoisotopic (exact) mass is 196 g/mol. The molecule has 0 aliphatic rings. The lowest BCUT2D eigenvalue weighted by atomic mass is 10.2. The van der Waals surface area contributed by atoms with E-state index < -0.39 is 0 Å². The molecule has 0 unspecified atom stereocenters. The van der Waals surface area contributed by atoms with E-state index in [1.807, 2.05) is 13.8 Å². The highest BCUT2D eigenvalue weighted by atomic mass is 16.2. The predicted octanol–water partition coefficient (Wildman–Crippen LogP) is 0.0572. The lowest BCUT2D eigenvalue weighted by Gasteiger charge is -2.15. The molecular weight excluding hydrogens is 180 g/mol.